The molecule has 0 aromatic carbocycles. The van der Waals surface area contributed by atoms with Crippen LogP contribution in [-0.2, 0) is 12.8 Å². The maximum absolute atomic E-state index is 9.20. The van der Waals surface area contributed by atoms with Crippen LogP contribution < -0.4 is 5.32 Å². The van der Waals surface area contributed by atoms with Crippen LogP contribution in [0.5, 0.6) is 0 Å². The zero-order valence-corrected chi connectivity index (χ0v) is 9.65. The molecule has 5 heteroatoms. The Kier molecular flexibility index (Phi) is 3.90. The third-order valence-corrected chi connectivity index (χ3v) is 2.91. The van der Waals surface area contributed by atoms with Gasteiger partial charge in [-0.3, -0.25) is 0 Å². The van der Waals surface area contributed by atoms with E-state index in [0.29, 0.717) is 18.2 Å². The molecule has 1 aliphatic rings. The lowest BCUT2D eigenvalue weighted by Gasteiger charge is -2.20. The fourth-order valence-corrected chi connectivity index (χ4v) is 2.05. The summed E-state index contributed by atoms with van der Waals surface area (Å²) < 4.78 is 5.08. The average Bonchev–Trinajstić information content (AvgIpc) is 2.66. The van der Waals surface area contributed by atoms with E-state index in [9.17, 15) is 5.11 Å². The Labute approximate surface area is 95.2 Å². The molecule has 16 heavy (non-hydrogen) atoms. The van der Waals surface area contributed by atoms with Crippen molar-refractivity contribution in [2.24, 2.45) is 5.92 Å². The summed E-state index contributed by atoms with van der Waals surface area (Å²) >= 11 is 0. The zero-order valence-electron chi connectivity index (χ0n) is 9.65. The van der Waals surface area contributed by atoms with E-state index in [0.717, 1.165) is 25.3 Å². The zero-order chi connectivity index (χ0) is 11.4. The molecule has 0 saturated carbocycles. The first kappa shape index (κ1) is 11.5. The maximum atomic E-state index is 9.20. The predicted molar refractivity (Wildman–Crippen MR) is 59.0 cm³/mol. The van der Waals surface area contributed by atoms with E-state index >= 15 is 0 Å². The minimum absolute atomic E-state index is 0.424. The number of aromatic nitrogens is 2. The van der Waals surface area contributed by atoms with E-state index in [1.54, 1.807) is 6.92 Å². The molecule has 1 saturated heterocycles. The predicted octanol–water partition coefficient (Wildman–Crippen LogP) is 0.535. The smallest absolute Gasteiger partial charge is 0.229 e. The summed E-state index contributed by atoms with van der Waals surface area (Å²) in [6, 6.07) is 0. The highest BCUT2D eigenvalue weighted by atomic mass is 16.5. The van der Waals surface area contributed by atoms with Crippen molar-refractivity contribution in [3.63, 3.8) is 0 Å². The Morgan fingerprint density at radius 1 is 1.50 bits per heavy atom. The molecule has 90 valence electrons. The van der Waals surface area contributed by atoms with Crippen molar-refractivity contribution >= 4 is 0 Å². The minimum atomic E-state index is -0.424. The van der Waals surface area contributed by atoms with Crippen molar-refractivity contribution in [2.75, 3.05) is 13.1 Å². The molecule has 2 N–H and O–H groups in total. The van der Waals surface area contributed by atoms with Gasteiger partial charge < -0.3 is 14.9 Å². The van der Waals surface area contributed by atoms with Gasteiger partial charge in [-0.15, -0.1) is 0 Å². The van der Waals surface area contributed by atoms with Crippen molar-refractivity contribution in [2.45, 2.75) is 38.7 Å². The number of nitrogens with one attached hydrogen (secondary N) is 1. The van der Waals surface area contributed by atoms with Crippen molar-refractivity contribution in [3.05, 3.63) is 11.7 Å². The third-order valence-electron chi connectivity index (χ3n) is 2.91. The highest BCUT2D eigenvalue weighted by Crippen LogP contribution is 2.16. The summed E-state index contributed by atoms with van der Waals surface area (Å²) in [6.45, 7) is 3.89. The van der Waals surface area contributed by atoms with E-state index < -0.39 is 6.10 Å². The normalized spacial score (nSPS) is 19.9. The van der Waals surface area contributed by atoms with Crippen LogP contribution in [0, 0.1) is 5.92 Å². The molecule has 0 spiro atoms. The van der Waals surface area contributed by atoms with Gasteiger partial charge in [0, 0.05) is 6.42 Å². The van der Waals surface area contributed by atoms with Crippen LogP contribution in [-0.4, -0.2) is 34.4 Å². The van der Waals surface area contributed by atoms with Crippen LogP contribution in [0.15, 0.2) is 4.52 Å². The van der Waals surface area contributed by atoms with Gasteiger partial charge in [0.25, 0.3) is 0 Å². The van der Waals surface area contributed by atoms with E-state index in [4.69, 9.17) is 4.52 Å². The van der Waals surface area contributed by atoms with Gasteiger partial charge in [-0.2, -0.15) is 4.98 Å². The van der Waals surface area contributed by atoms with Crippen LogP contribution in [0.25, 0.3) is 0 Å². The fourth-order valence-electron chi connectivity index (χ4n) is 2.05. The molecule has 1 atom stereocenters. The average molecular weight is 225 g/mol. The van der Waals surface area contributed by atoms with Crippen LogP contribution in [0.4, 0.5) is 0 Å². The molecular formula is C11H19N3O2. The first-order valence-corrected chi connectivity index (χ1v) is 5.94. The Morgan fingerprint density at radius 2 is 2.25 bits per heavy atom. The number of rotatable bonds is 4. The van der Waals surface area contributed by atoms with Crippen LogP contribution >= 0.6 is 0 Å². The second kappa shape index (κ2) is 5.41. The lowest BCUT2D eigenvalue weighted by molar-refractivity contribution is 0.181. The number of aliphatic hydroxyl groups excluding tert-OH is 1. The number of hydrogen-bond donors (Lipinski definition) is 2. The molecular weight excluding hydrogens is 206 g/mol. The molecule has 0 amide bonds. The summed E-state index contributed by atoms with van der Waals surface area (Å²) in [5, 5.41) is 16.5. The molecule has 5 nitrogen and oxygen atoms in total. The number of aliphatic hydroxyl groups is 1. The summed E-state index contributed by atoms with van der Waals surface area (Å²) in [5.74, 6) is 1.99. The maximum Gasteiger partial charge on any atom is 0.229 e. The van der Waals surface area contributed by atoms with E-state index in [1.807, 2.05) is 0 Å². The van der Waals surface area contributed by atoms with Crippen molar-refractivity contribution in [3.8, 4) is 0 Å². The molecule has 1 aromatic heterocycles. The van der Waals surface area contributed by atoms with Crippen LogP contribution in [0.1, 0.15) is 31.5 Å². The third kappa shape index (κ3) is 3.28. The Balaban J connectivity index is 1.86. The Bertz CT molecular complexity index is 319. The van der Waals surface area contributed by atoms with Gasteiger partial charge in [-0.1, -0.05) is 5.16 Å². The monoisotopic (exact) mass is 225 g/mol. The number of piperidine rings is 1. The molecule has 1 aliphatic heterocycles. The van der Waals surface area contributed by atoms with Crippen molar-refractivity contribution in [1.29, 1.82) is 0 Å². The van der Waals surface area contributed by atoms with Gasteiger partial charge in [0.05, 0.1) is 12.5 Å². The molecule has 0 aliphatic carbocycles. The molecule has 2 rings (SSSR count). The first-order chi connectivity index (χ1) is 7.74. The number of hydrogen-bond acceptors (Lipinski definition) is 5. The first-order valence-electron chi connectivity index (χ1n) is 5.94. The Morgan fingerprint density at radius 3 is 2.94 bits per heavy atom. The topological polar surface area (TPSA) is 71.2 Å². The quantitative estimate of drug-likeness (QED) is 0.782. The van der Waals surface area contributed by atoms with E-state index in [2.05, 4.69) is 15.5 Å². The van der Waals surface area contributed by atoms with E-state index in [-0.39, 0.29) is 0 Å². The fraction of sp³-hybridized carbons (Fsp3) is 0.818. The van der Waals surface area contributed by atoms with Crippen LogP contribution in [0.3, 0.4) is 0 Å². The van der Waals surface area contributed by atoms with Crippen LogP contribution in [0.2, 0.25) is 0 Å². The molecule has 0 radical (unpaired) electrons. The van der Waals surface area contributed by atoms with Gasteiger partial charge in [0.1, 0.15) is 0 Å². The summed E-state index contributed by atoms with van der Waals surface area (Å²) in [7, 11) is 0. The largest absolute Gasteiger partial charge is 0.393 e. The summed E-state index contributed by atoms with van der Waals surface area (Å²) in [4.78, 5) is 4.29. The highest BCUT2D eigenvalue weighted by molar-refractivity contribution is 4.90. The van der Waals surface area contributed by atoms with Gasteiger partial charge in [0.2, 0.25) is 5.89 Å². The van der Waals surface area contributed by atoms with Gasteiger partial charge >= 0.3 is 0 Å². The lowest BCUT2D eigenvalue weighted by Crippen LogP contribution is -2.28. The lowest BCUT2D eigenvalue weighted by atomic mass is 9.94. The van der Waals surface area contributed by atoms with Gasteiger partial charge in [-0.25, -0.2) is 0 Å². The standard InChI is InChI=1S/C11H19N3O2/c1-8(15)6-11-13-10(14-16-11)7-9-2-4-12-5-3-9/h8-9,12,15H,2-7H2,1H3. The van der Waals surface area contributed by atoms with Crippen molar-refractivity contribution < 1.29 is 9.63 Å². The molecule has 0 bridgehead atoms. The molecule has 1 unspecified atom stereocenters. The summed E-state index contributed by atoms with van der Waals surface area (Å²) in [5.41, 5.74) is 0. The molecule has 1 aromatic rings. The van der Waals surface area contributed by atoms with E-state index in [1.165, 1.54) is 12.8 Å². The van der Waals surface area contributed by atoms with Gasteiger partial charge in [-0.05, 0) is 38.8 Å². The second-order valence-corrected chi connectivity index (χ2v) is 4.55. The summed E-state index contributed by atoms with van der Waals surface area (Å²) in [6.07, 6.45) is 3.28. The van der Waals surface area contributed by atoms with Crippen molar-refractivity contribution in [1.82, 2.24) is 15.5 Å². The van der Waals surface area contributed by atoms with Gasteiger partial charge in [0.15, 0.2) is 5.82 Å². The highest BCUT2D eigenvalue weighted by Gasteiger charge is 2.17. The molecule has 1 fully saturated rings. The Hall–Kier alpha value is -0.940. The second-order valence-electron chi connectivity index (χ2n) is 4.55. The minimum Gasteiger partial charge on any atom is -0.393 e. The number of nitrogens with zero attached hydrogens (tertiary/aromatic N) is 2. The SMILES string of the molecule is CC(O)Cc1nc(CC2CCNCC2)no1. The molecule has 2 heterocycles.